The zero-order valence-corrected chi connectivity index (χ0v) is 18.7. The minimum Gasteiger partial charge on any atom is -0.441 e. The number of hydrogen-bond acceptors (Lipinski definition) is 7. The van der Waals surface area contributed by atoms with E-state index in [4.69, 9.17) is 14.2 Å². The summed E-state index contributed by atoms with van der Waals surface area (Å²) in [5.74, 6) is -0.169. The number of anilines is 2. The Labute approximate surface area is 195 Å². The number of hydrogen-bond donors (Lipinski definition) is 3. The highest BCUT2D eigenvalue weighted by atomic mass is 16.6. The largest absolute Gasteiger partial charge is 0.441 e. The van der Waals surface area contributed by atoms with E-state index in [1.165, 1.54) is 13.8 Å². The molecule has 2 aliphatic rings. The summed E-state index contributed by atoms with van der Waals surface area (Å²) in [6.45, 7) is 3.25. The number of nitrogens with one attached hydrogen (secondary N) is 3. The van der Waals surface area contributed by atoms with Gasteiger partial charge in [-0.1, -0.05) is 12.1 Å². The second-order valence-corrected chi connectivity index (χ2v) is 8.14. The van der Waals surface area contributed by atoms with Crippen molar-refractivity contribution in [1.29, 1.82) is 0 Å². The fourth-order valence-electron chi connectivity index (χ4n) is 3.91. The van der Waals surface area contributed by atoms with Crippen LogP contribution in [0.4, 0.5) is 21.0 Å². The highest BCUT2D eigenvalue weighted by molar-refractivity contribution is 5.96. The Kier molecular flexibility index (Phi) is 6.90. The van der Waals surface area contributed by atoms with E-state index in [0.717, 1.165) is 0 Å². The lowest BCUT2D eigenvalue weighted by Crippen LogP contribution is -2.46. The van der Waals surface area contributed by atoms with Gasteiger partial charge in [0.15, 0.2) is 17.7 Å². The first kappa shape index (κ1) is 23.4. The summed E-state index contributed by atoms with van der Waals surface area (Å²) in [4.78, 5) is 47.6. The topological polar surface area (TPSA) is 132 Å². The lowest BCUT2D eigenvalue weighted by molar-refractivity contribution is 0.00873. The molecule has 0 unspecified atom stereocenters. The molecule has 0 aliphatic carbocycles. The molecule has 2 fully saturated rings. The van der Waals surface area contributed by atoms with Gasteiger partial charge >= 0.3 is 12.1 Å². The summed E-state index contributed by atoms with van der Waals surface area (Å²) in [6.07, 6.45) is -2.32. The van der Waals surface area contributed by atoms with E-state index in [1.54, 1.807) is 48.5 Å². The van der Waals surface area contributed by atoms with Gasteiger partial charge in [0.05, 0.1) is 19.3 Å². The molecule has 0 radical (unpaired) electrons. The van der Waals surface area contributed by atoms with Gasteiger partial charge in [0.25, 0.3) is 0 Å². The molecule has 4 rings (SSSR count). The number of carbonyl (C=O) groups excluding carboxylic acids is 4. The summed E-state index contributed by atoms with van der Waals surface area (Å²) >= 11 is 0. The molecule has 178 valence electrons. The molecule has 0 spiro atoms. The van der Waals surface area contributed by atoms with Crippen LogP contribution in [0.1, 0.15) is 34.6 Å². The summed E-state index contributed by atoms with van der Waals surface area (Å²) in [7, 11) is 0. The van der Waals surface area contributed by atoms with E-state index in [1.807, 2.05) is 0 Å². The molecule has 0 bridgehead atoms. The Balaban J connectivity index is 1.28. The first-order valence-electron chi connectivity index (χ1n) is 10.8. The van der Waals surface area contributed by atoms with Crippen LogP contribution in [-0.4, -0.2) is 61.3 Å². The average molecular weight is 467 g/mol. The van der Waals surface area contributed by atoms with Gasteiger partial charge in [-0.05, 0) is 50.2 Å². The zero-order valence-electron chi connectivity index (χ0n) is 18.7. The van der Waals surface area contributed by atoms with E-state index in [2.05, 4.69) is 16.0 Å². The number of carbonyl (C=O) groups is 4. The normalized spacial score (nSPS) is 23.0. The first-order chi connectivity index (χ1) is 16.3. The minimum atomic E-state index is -0.693. The zero-order chi connectivity index (χ0) is 24.2. The van der Waals surface area contributed by atoms with Gasteiger partial charge in [0.1, 0.15) is 12.2 Å². The number of ketones is 2. The van der Waals surface area contributed by atoms with Crippen LogP contribution in [0, 0.1) is 0 Å². The number of Topliss-reactive ketones (excluding diaryl/α,β-unsaturated/α-hetero) is 2. The second-order valence-electron chi connectivity index (χ2n) is 8.14. The molecule has 2 heterocycles. The van der Waals surface area contributed by atoms with Crippen LogP contribution in [0.3, 0.4) is 0 Å². The molecular weight excluding hydrogens is 442 g/mol. The van der Waals surface area contributed by atoms with E-state index in [9.17, 15) is 19.2 Å². The molecule has 2 aliphatic heterocycles. The summed E-state index contributed by atoms with van der Waals surface area (Å²) in [6, 6.07) is 12.2. The summed E-state index contributed by atoms with van der Waals surface area (Å²) in [5.41, 5.74) is 2.01. The fraction of sp³-hybridized carbons (Fsp3) is 0.333. The Morgan fingerprint density at radius 1 is 0.824 bits per heavy atom. The van der Waals surface area contributed by atoms with E-state index in [-0.39, 0.29) is 24.8 Å². The first-order valence-corrected chi connectivity index (χ1v) is 10.8. The SMILES string of the molecule is CC(=O)c1ccc(NC(=O)N[C@H]2CO[C@H]3[C@@H]2OC[C@H]3OC(=O)Nc2cccc(C(C)=O)c2)cc1. The smallest absolute Gasteiger partial charge is 0.412 e. The maximum atomic E-state index is 12.4. The summed E-state index contributed by atoms with van der Waals surface area (Å²) in [5, 5.41) is 8.12. The van der Waals surface area contributed by atoms with Crippen molar-refractivity contribution >= 4 is 35.1 Å². The third kappa shape index (κ3) is 5.41. The molecule has 10 heteroatoms. The standard InChI is InChI=1S/C24H25N3O7/c1-13(28)15-6-8-17(9-7-15)25-23(30)27-19-11-32-22-20(12-33-21(19)22)34-24(31)26-18-5-3-4-16(10-18)14(2)29/h3-10,19-22H,11-12H2,1-2H3,(H,26,31)(H2,25,27,30)/t19-,20+,21+,22+/m0/s1. The Bertz CT molecular complexity index is 1100. The van der Waals surface area contributed by atoms with Crippen molar-refractivity contribution in [3.63, 3.8) is 0 Å². The second kappa shape index (κ2) is 10.0. The fourth-order valence-corrected chi connectivity index (χ4v) is 3.91. The van der Waals surface area contributed by atoms with Crippen LogP contribution in [-0.2, 0) is 14.2 Å². The lowest BCUT2D eigenvalue weighted by Gasteiger charge is -2.18. The predicted octanol–water partition coefficient (Wildman–Crippen LogP) is 3.00. The number of ether oxygens (including phenoxy) is 3. The van der Waals surface area contributed by atoms with Crippen LogP contribution in [0.2, 0.25) is 0 Å². The number of benzene rings is 2. The van der Waals surface area contributed by atoms with Crippen molar-refractivity contribution in [2.45, 2.75) is 38.2 Å². The average Bonchev–Trinajstić information content (AvgIpc) is 3.37. The van der Waals surface area contributed by atoms with Gasteiger partial charge in [-0.15, -0.1) is 0 Å². The third-order valence-corrected chi connectivity index (χ3v) is 5.65. The third-order valence-electron chi connectivity index (χ3n) is 5.65. The van der Waals surface area contributed by atoms with Crippen LogP contribution in [0.5, 0.6) is 0 Å². The maximum absolute atomic E-state index is 12.4. The van der Waals surface area contributed by atoms with Gasteiger partial charge in [-0.2, -0.15) is 0 Å². The minimum absolute atomic E-state index is 0.0569. The van der Waals surface area contributed by atoms with Crippen LogP contribution in [0.15, 0.2) is 48.5 Å². The molecular formula is C24H25N3O7. The molecule has 0 aromatic heterocycles. The molecule has 2 aromatic rings. The molecule has 2 saturated heterocycles. The number of amides is 3. The van der Waals surface area contributed by atoms with Gasteiger partial charge in [0.2, 0.25) is 0 Å². The van der Waals surface area contributed by atoms with Gasteiger partial charge < -0.3 is 24.8 Å². The van der Waals surface area contributed by atoms with Crippen LogP contribution < -0.4 is 16.0 Å². The van der Waals surface area contributed by atoms with Crippen LogP contribution >= 0.6 is 0 Å². The number of rotatable bonds is 6. The number of fused-ring (bicyclic) bond motifs is 1. The highest BCUT2D eigenvalue weighted by Crippen LogP contribution is 2.29. The molecule has 0 saturated carbocycles. The van der Waals surface area contributed by atoms with E-state index in [0.29, 0.717) is 22.5 Å². The highest BCUT2D eigenvalue weighted by Gasteiger charge is 2.50. The van der Waals surface area contributed by atoms with Gasteiger partial charge in [-0.25, -0.2) is 9.59 Å². The number of urea groups is 1. The van der Waals surface area contributed by atoms with Crippen LogP contribution in [0.25, 0.3) is 0 Å². The van der Waals surface area contributed by atoms with Crippen molar-refractivity contribution in [2.75, 3.05) is 23.8 Å². The van der Waals surface area contributed by atoms with Crippen molar-refractivity contribution in [1.82, 2.24) is 5.32 Å². The summed E-state index contributed by atoms with van der Waals surface area (Å²) < 4.78 is 17.0. The van der Waals surface area contributed by atoms with Crippen molar-refractivity contribution < 1.29 is 33.4 Å². The Morgan fingerprint density at radius 3 is 2.24 bits per heavy atom. The predicted molar refractivity (Wildman–Crippen MR) is 122 cm³/mol. The quantitative estimate of drug-likeness (QED) is 0.557. The maximum Gasteiger partial charge on any atom is 0.412 e. The Hall–Kier alpha value is -3.76. The lowest BCUT2D eigenvalue weighted by atomic mass is 10.1. The molecule has 34 heavy (non-hydrogen) atoms. The van der Waals surface area contributed by atoms with Crippen molar-refractivity contribution in [3.05, 3.63) is 59.7 Å². The van der Waals surface area contributed by atoms with Crippen molar-refractivity contribution in [3.8, 4) is 0 Å². The van der Waals surface area contributed by atoms with E-state index < -0.39 is 36.5 Å². The van der Waals surface area contributed by atoms with Gasteiger partial charge in [0, 0.05) is 22.5 Å². The van der Waals surface area contributed by atoms with Crippen molar-refractivity contribution in [2.24, 2.45) is 0 Å². The molecule has 3 N–H and O–H groups in total. The van der Waals surface area contributed by atoms with E-state index >= 15 is 0 Å². The van der Waals surface area contributed by atoms with Gasteiger partial charge in [-0.3, -0.25) is 14.9 Å². The molecule has 4 atom stereocenters. The Morgan fingerprint density at radius 2 is 1.53 bits per heavy atom. The monoisotopic (exact) mass is 467 g/mol. The molecule has 3 amide bonds. The molecule has 10 nitrogen and oxygen atoms in total. The molecule has 2 aromatic carbocycles.